The minimum atomic E-state index is -0.204. The first-order chi connectivity index (χ1) is 12.1. The summed E-state index contributed by atoms with van der Waals surface area (Å²) in [6.45, 7) is 2.30. The molecule has 0 saturated heterocycles. The van der Waals surface area contributed by atoms with Crippen molar-refractivity contribution in [3.8, 4) is 11.5 Å². The topological polar surface area (TPSA) is 59.7 Å². The average Bonchev–Trinajstić information content (AvgIpc) is 3.07. The number of furan rings is 1. The fourth-order valence-electron chi connectivity index (χ4n) is 2.34. The van der Waals surface area contributed by atoms with E-state index in [0.29, 0.717) is 23.7 Å². The number of allylic oxidation sites excluding steroid dienone is 1. The maximum Gasteiger partial charge on any atom is 0.186 e. The van der Waals surface area contributed by atoms with Crippen molar-refractivity contribution in [3.63, 3.8) is 0 Å². The SMILES string of the molecule is Cc1ccccc1OCc1ccc(/C=C/C(=O)c2cccc(O)c2)o1. The van der Waals surface area contributed by atoms with Gasteiger partial charge in [0.15, 0.2) is 5.78 Å². The first-order valence-electron chi connectivity index (χ1n) is 7.90. The number of hydrogen-bond donors (Lipinski definition) is 1. The van der Waals surface area contributed by atoms with Crippen molar-refractivity contribution in [2.75, 3.05) is 0 Å². The molecule has 0 amide bonds. The molecule has 1 aromatic heterocycles. The molecule has 4 nitrogen and oxygen atoms in total. The van der Waals surface area contributed by atoms with E-state index in [2.05, 4.69) is 0 Å². The second-order valence-electron chi connectivity index (χ2n) is 5.61. The van der Waals surface area contributed by atoms with Crippen LogP contribution in [0.4, 0.5) is 0 Å². The molecular weight excluding hydrogens is 316 g/mol. The Balaban J connectivity index is 1.61. The number of hydrogen-bond acceptors (Lipinski definition) is 4. The van der Waals surface area contributed by atoms with Gasteiger partial charge in [0.1, 0.15) is 29.6 Å². The summed E-state index contributed by atoms with van der Waals surface area (Å²) in [6, 6.07) is 17.6. The summed E-state index contributed by atoms with van der Waals surface area (Å²) in [5, 5.41) is 9.41. The van der Waals surface area contributed by atoms with Gasteiger partial charge in [-0.25, -0.2) is 0 Å². The molecule has 0 radical (unpaired) electrons. The van der Waals surface area contributed by atoms with Crippen molar-refractivity contribution in [1.82, 2.24) is 0 Å². The lowest BCUT2D eigenvalue weighted by Gasteiger charge is -2.06. The normalized spacial score (nSPS) is 10.9. The number of phenolic OH excluding ortho intramolecular Hbond substituents is 1. The van der Waals surface area contributed by atoms with Crippen molar-refractivity contribution < 1.29 is 19.1 Å². The van der Waals surface area contributed by atoms with E-state index in [1.807, 2.05) is 37.3 Å². The van der Waals surface area contributed by atoms with Crippen LogP contribution in [0.25, 0.3) is 6.08 Å². The summed E-state index contributed by atoms with van der Waals surface area (Å²) in [7, 11) is 0. The van der Waals surface area contributed by atoms with Gasteiger partial charge >= 0.3 is 0 Å². The van der Waals surface area contributed by atoms with Gasteiger partial charge in [0.25, 0.3) is 0 Å². The molecule has 0 unspecified atom stereocenters. The molecule has 0 bridgehead atoms. The van der Waals surface area contributed by atoms with Gasteiger partial charge < -0.3 is 14.3 Å². The van der Waals surface area contributed by atoms with E-state index < -0.39 is 0 Å². The standard InChI is InChI=1S/C21H18O4/c1-15-5-2-3-8-21(15)24-14-19-10-9-18(25-19)11-12-20(23)16-6-4-7-17(22)13-16/h2-13,22H,14H2,1H3/b12-11+. The van der Waals surface area contributed by atoms with Gasteiger partial charge in [-0.1, -0.05) is 30.3 Å². The number of aryl methyl sites for hydroxylation is 1. The molecule has 1 heterocycles. The largest absolute Gasteiger partial charge is 0.508 e. The van der Waals surface area contributed by atoms with Crippen LogP contribution in [-0.2, 0) is 6.61 Å². The highest BCUT2D eigenvalue weighted by Gasteiger charge is 2.05. The maximum atomic E-state index is 12.1. The lowest BCUT2D eigenvalue weighted by molar-refractivity contribution is 0.104. The summed E-state index contributed by atoms with van der Waals surface area (Å²) in [5.74, 6) is 1.91. The molecule has 0 aliphatic heterocycles. The molecule has 25 heavy (non-hydrogen) atoms. The summed E-state index contributed by atoms with van der Waals surface area (Å²) in [5.41, 5.74) is 1.48. The molecule has 1 N–H and O–H groups in total. The van der Waals surface area contributed by atoms with E-state index in [9.17, 15) is 9.90 Å². The summed E-state index contributed by atoms with van der Waals surface area (Å²) < 4.78 is 11.4. The Labute approximate surface area is 146 Å². The first kappa shape index (κ1) is 16.6. The lowest BCUT2D eigenvalue weighted by atomic mass is 10.1. The van der Waals surface area contributed by atoms with Crippen molar-refractivity contribution in [2.45, 2.75) is 13.5 Å². The molecule has 4 heteroatoms. The number of phenols is 1. The fraction of sp³-hybridized carbons (Fsp3) is 0.0952. The maximum absolute atomic E-state index is 12.1. The second-order valence-corrected chi connectivity index (χ2v) is 5.61. The summed E-state index contributed by atoms with van der Waals surface area (Å²) in [4.78, 5) is 12.1. The van der Waals surface area contributed by atoms with Crippen LogP contribution < -0.4 is 4.74 Å². The van der Waals surface area contributed by atoms with Crippen LogP contribution in [0.2, 0.25) is 0 Å². The summed E-state index contributed by atoms with van der Waals surface area (Å²) >= 11 is 0. The molecule has 3 aromatic rings. The van der Waals surface area contributed by atoms with Crippen LogP contribution in [0, 0.1) is 6.92 Å². The predicted molar refractivity (Wildman–Crippen MR) is 95.7 cm³/mol. The number of benzene rings is 2. The van der Waals surface area contributed by atoms with Gasteiger partial charge in [0.05, 0.1) is 0 Å². The van der Waals surface area contributed by atoms with Crippen LogP contribution >= 0.6 is 0 Å². The highest BCUT2D eigenvalue weighted by molar-refractivity contribution is 6.06. The fourth-order valence-corrected chi connectivity index (χ4v) is 2.34. The molecule has 126 valence electrons. The molecule has 0 aliphatic rings. The molecule has 0 saturated carbocycles. The monoisotopic (exact) mass is 334 g/mol. The van der Waals surface area contributed by atoms with E-state index in [-0.39, 0.29) is 11.5 Å². The Hall–Kier alpha value is -3.27. The zero-order valence-corrected chi connectivity index (χ0v) is 13.8. The number of ketones is 1. The smallest absolute Gasteiger partial charge is 0.186 e. The molecule has 0 aliphatic carbocycles. The van der Waals surface area contributed by atoms with Gasteiger partial charge in [0.2, 0.25) is 0 Å². The predicted octanol–water partition coefficient (Wildman–Crippen LogP) is 4.77. The second kappa shape index (κ2) is 7.53. The Kier molecular flexibility index (Phi) is 5.00. The van der Waals surface area contributed by atoms with E-state index in [1.54, 1.807) is 24.3 Å². The minimum absolute atomic E-state index is 0.0629. The minimum Gasteiger partial charge on any atom is -0.508 e. The molecule has 0 fully saturated rings. The number of aromatic hydroxyl groups is 1. The van der Waals surface area contributed by atoms with Gasteiger partial charge in [-0.15, -0.1) is 0 Å². The number of para-hydroxylation sites is 1. The molecule has 0 spiro atoms. The molecule has 0 atom stereocenters. The first-order valence-corrected chi connectivity index (χ1v) is 7.90. The molecule has 2 aromatic carbocycles. The van der Waals surface area contributed by atoms with Crippen LogP contribution in [0.5, 0.6) is 11.5 Å². The number of carbonyl (C=O) groups is 1. The van der Waals surface area contributed by atoms with Crippen LogP contribution in [0.15, 0.2) is 71.2 Å². The van der Waals surface area contributed by atoms with Gasteiger partial charge in [-0.2, -0.15) is 0 Å². The Morgan fingerprint density at radius 3 is 2.76 bits per heavy atom. The highest BCUT2D eigenvalue weighted by atomic mass is 16.5. The van der Waals surface area contributed by atoms with Crippen molar-refractivity contribution in [1.29, 1.82) is 0 Å². The number of rotatable bonds is 6. The lowest BCUT2D eigenvalue weighted by Crippen LogP contribution is -1.95. The van der Waals surface area contributed by atoms with Gasteiger partial charge in [0, 0.05) is 5.56 Å². The van der Waals surface area contributed by atoms with Crippen molar-refractivity contribution in [3.05, 3.63) is 89.4 Å². The van der Waals surface area contributed by atoms with E-state index >= 15 is 0 Å². The molecule has 3 rings (SSSR count). The van der Waals surface area contributed by atoms with Gasteiger partial charge in [-0.05, 0) is 55.0 Å². The summed E-state index contributed by atoms with van der Waals surface area (Å²) in [6.07, 6.45) is 3.02. The van der Waals surface area contributed by atoms with Crippen LogP contribution in [0.3, 0.4) is 0 Å². The number of ether oxygens (including phenoxy) is 1. The Bertz CT molecular complexity index is 906. The van der Waals surface area contributed by atoms with E-state index in [1.165, 1.54) is 18.2 Å². The third kappa shape index (κ3) is 4.38. The zero-order valence-electron chi connectivity index (χ0n) is 13.8. The number of carbonyl (C=O) groups excluding carboxylic acids is 1. The van der Waals surface area contributed by atoms with E-state index in [0.717, 1.165) is 11.3 Å². The average molecular weight is 334 g/mol. The molecular formula is C21H18O4. The Morgan fingerprint density at radius 1 is 1.12 bits per heavy atom. The van der Waals surface area contributed by atoms with Crippen LogP contribution in [0.1, 0.15) is 27.4 Å². The Morgan fingerprint density at radius 2 is 1.96 bits per heavy atom. The van der Waals surface area contributed by atoms with E-state index in [4.69, 9.17) is 9.15 Å². The van der Waals surface area contributed by atoms with Crippen molar-refractivity contribution in [2.24, 2.45) is 0 Å². The van der Waals surface area contributed by atoms with Crippen molar-refractivity contribution >= 4 is 11.9 Å². The third-order valence-electron chi connectivity index (χ3n) is 3.68. The van der Waals surface area contributed by atoms with Crippen LogP contribution in [-0.4, -0.2) is 10.9 Å². The quantitative estimate of drug-likeness (QED) is 0.521. The van der Waals surface area contributed by atoms with Gasteiger partial charge in [-0.3, -0.25) is 4.79 Å². The third-order valence-corrected chi connectivity index (χ3v) is 3.68. The highest BCUT2D eigenvalue weighted by Crippen LogP contribution is 2.19. The zero-order chi connectivity index (χ0) is 17.6.